The summed E-state index contributed by atoms with van der Waals surface area (Å²) in [5.41, 5.74) is 14.4. The first-order chi connectivity index (χ1) is 29.8. The zero-order chi connectivity index (χ0) is 48.0. The van der Waals surface area contributed by atoms with Gasteiger partial charge in [0.25, 0.3) is 0 Å². The number of anilines is 2. The number of ether oxygens (including phenoxy) is 2. The predicted molar refractivity (Wildman–Crippen MR) is 250 cm³/mol. The Bertz CT molecular complexity index is 2550. The first-order valence-corrected chi connectivity index (χ1v) is 21.7. The molecule has 0 saturated carbocycles. The highest BCUT2D eigenvalue weighted by atomic mass is 19.4. The van der Waals surface area contributed by atoms with Crippen molar-refractivity contribution in [1.82, 2.24) is 0 Å². The molecule has 10 heteroatoms. The van der Waals surface area contributed by atoms with Crippen LogP contribution < -0.4 is 20.9 Å². The molecule has 4 nitrogen and oxygen atoms in total. The van der Waals surface area contributed by atoms with Crippen molar-refractivity contribution in [3.63, 3.8) is 0 Å². The normalized spacial score (nSPS) is 14.2. The van der Waals surface area contributed by atoms with Crippen molar-refractivity contribution in [2.24, 2.45) is 0 Å². The summed E-state index contributed by atoms with van der Waals surface area (Å²) in [7, 11) is 0. The number of fused-ring (bicyclic) bond motifs is 3. The van der Waals surface area contributed by atoms with E-state index in [1.807, 2.05) is 107 Å². The third-order valence-electron chi connectivity index (χ3n) is 12.3. The average molecular weight is 893 g/mol. The Morgan fingerprint density at radius 1 is 0.385 bits per heavy atom. The summed E-state index contributed by atoms with van der Waals surface area (Å²) in [4.78, 5) is 0. The van der Waals surface area contributed by atoms with Crippen LogP contribution in [0.2, 0.25) is 0 Å². The number of halogens is 6. The molecular weight excluding hydrogens is 835 g/mol. The Kier molecular flexibility index (Phi) is 11.3. The lowest BCUT2D eigenvalue weighted by Gasteiger charge is -2.40. The van der Waals surface area contributed by atoms with Crippen molar-refractivity contribution in [2.45, 2.75) is 123 Å². The van der Waals surface area contributed by atoms with Gasteiger partial charge in [0.05, 0.1) is 5.41 Å². The van der Waals surface area contributed by atoms with Gasteiger partial charge in [-0.25, -0.2) is 0 Å². The second-order valence-corrected chi connectivity index (χ2v) is 21.4. The molecule has 342 valence electrons. The van der Waals surface area contributed by atoms with Crippen molar-refractivity contribution in [3.05, 3.63) is 165 Å². The van der Waals surface area contributed by atoms with E-state index >= 15 is 0 Å². The lowest BCUT2D eigenvalue weighted by atomic mass is 9.63. The quantitative estimate of drug-likeness (QED) is 0.129. The van der Waals surface area contributed by atoms with Gasteiger partial charge < -0.3 is 20.9 Å². The lowest BCUT2D eigenvalue weighted by Crippen LogP contribution is -2.32. The monoisotopic (exact) mass is 892 g/mol. The molecule has 6 aromatic carbocycles. The minimum Gasteiger partial charge on any atom is -0.456 e. The predicted octanol–water partition coefficient (Wildman–Crippen LogP) is 16.0. The van der Waals surface area contributed by atoms with Gasteiger partial charge in [-0.05, 0) is 116 Å². The Labute approximate surface area is 379 Å². The van der Waals surface area contributed by atoms with Crippen LogP contribution in [0.5, 0.6) is 23.0 Å². The zero-order valence-corrected chi connectivity index (χ0v) is 39.1. The summed E-state index contributed by atoms with van der Waals surface area (Å²) in [5, 5.41) is 0. The van der Waals surface area contributed by atoms with Gasteiger partial charge in [0.15, 0.2) is 0 Å². The maximum Gasteiger partial charge on any atom is 0.420 e. The summed E-state index contributed by atoms with van der Waals surface area (Å²) in [5.74, 6) is -0.0945. The van der Waals surface area contributed by atoms with E-state index in [2.05, 4.69) is 48.5 Å². The van der Waals surface area contributed by atoms with Crippen molar-refractivity contribution >= 4 is 11.4 Å². The Hall–Kier alpha value is -5.90. The van der Waals surface area contributed by atoms with Crippen LogP contribution in [0.3, 0.4) is 0 Å². The molecule has 0 heterocycles. The molecule has 0 aromatic heterocycles. The number of nitrogen functional groups attached to an aromatic ring is 2. The fourth-order valence-electron chi connectivity index (χ4n) is 9.10. The highest BCUT2D eigenvalue weighted by Crippen LogP contribution is 2.60. The molecule has 1 aliphatic carbocycles. The minimum absolute atomic E-state index is 0.0393. The van der Waals surface area contributed by atoms with E-state index in [1.165, 1.54) is 24.3 Å². The van der Waals surface area contributed by atoms with E-state index < -0.39 is 50.6 Å². The van der Waals surface area contributed by atoms with Crippen LogP contribution in [0.15, 0.2) is 109 Å². The highest BCUT2D eigenvalue weighted by Gasteiger charge is 2.49. The van der Waals surface area contributed by atoms with Gasteiger partial charge >= 0.3 is 12.4 Å². The van der Waals surface area contributed by atoms with Crippen LogP contribution in [0.4, 0.5) is 37.7 Å². The maximum absolute atomic E-state index is 14.7. The summed E-state index contributed by atoms with van der Waals surface area (Å²) < 4.78 is 101. The van der Waals surface area contributed by atoms with E-state index in [4.69, 9.17) is 20.9 Å². The molecule has 0 spiro atoms. The molecule has 0 radical (unpaired) electrons. The van der Waals surface area contributed by atoms with E-state index in [9.17, 15) is 26.3 Å². The van der Waals surface area contributed by atoms with Crippen molar-refractivity contribution < 1.29 is 35.8 Å². The zero-order valence-electron chi connectivity index (χ0n) is 39.1. The number of nitrogens with two attached hydrogens (primary N) is 2. The SMILES string of the molecule is CC(C)(C)c1cc(C2(c3cc(C(C)(C)C)c(Oc4ccc(N)cc4C(F)(F)F)c(C(C)(C)C)c3)c3ccccc3-c3ccccc32)cc(C(C)(C)C)c1Oc1ccc(N)cc1C(F)(F)F. The van der Waals surface area contributed by atoms with E-state index in [-0.39, 0.29) is 22.9 Å². The van der Waals surface area contributed by atoms with Crippen LogP contribution in [0, 0.1) is 0 Å². The maximum atomic E-state index is 14.7. The van der Waals surface area contributed by atoms with Gasteiger partial charge in [-0.1, -0.05) is 132 Å². The molecule has 0 unspecified atom stereocenters. The van der Waals surface area contributed by atoms with Crippen LogP contribution >= 0.6 is 0 Å². The Morgan fingerprint density at radius 3 is 0.954 bits per heavy atom. The molecule has 7 rings (SSSR count). The van der Waals surface area contributed by atoms with Crippen molar-refractivity contribution in [1.29, 1.82) is 0 Å². The molecule has 0 amide bonds. The first kappa shape index (κ1) is 47.1. The summed E-state index contributed by atoms with van der Waals surface area (Å²) in [6.45, 7) is 24.1. The standard InChI is InChI=1S/C55H58F6N2O2/c1-49(2,3)41-25-31(26-42(50(4,5)6)47(41)64-45-23-21-33(62)29-39(45)54(56,57)58)53(37-19-15-13-17-35(37)36-18-14-16-20-38(36)53)32-27-43(51(7,8)9)48(44(28-32)52(10,11)12)65-46-24-22-34(63)30-40(46)55(59,60)61/h13-30H,62-63H2,1-12H3. The molecule has 1 aliphatic rings. The third-order valence-corrected chi connectivity index (χ3v) is 12.3. The summed E-state index contributed by atoms with van der Waals surface area (Å²) in [6, 6.07) is 31.8. The largest absolute Gasteiger partial charge is 0.456 e. The number of hydrogen-bond acceptors (Lipinski definition) is 4. The molecule has 0 aliphatic heterocycles. The molecule has 65 heavy (non-hydrogen) atoms. The second-order valence-electron chi connectivity index (χ2n) is 21.4. The van der Waals surface area contributed by atoms with Crippen molar-refractivity contribution in [3.8, 4) is 34.1 Å². The summed E-state index contributed by atoms with van der Waals surface area (Å²) >= 11 is 0. The number of benzene rings is 6. The van der Waals surface area contributed by atoms with Gasteiger partial charge in [0.1, 0.15) is 34.1 Å². The molecule has 6 aromatic rings. The van der Waals surface area contributed by atoms with Gasteiger partial charge in [0, 0.05) is 33.6 Å². The van der Waals surface area contributed by atoms with Crippen LogP contribution in [-0.2, 0) is 39.4 Å². The van der Waals surface area contributed by atoms with Crippen LogP contribution in [-0.4, -0.2) is 0 Å². The molecule has 0 bridgehead atoms. The van der Waals surface area contributed by atoms with Crippen molar-refractivity contribution in [2.75, 3.05) is 11.5 Å². The van der Waals surface area contributed by atoms with Gasteiger partial charge in [0.2, 0.25) is 0 Å². The fourth-order valence-corrected chi connectivity index (χ4v) is 9.10. The first-order valence-electron chi connectivity index (χ1n) is 21.7. The number of hydrogen-bond donors (Lipinski definition) is 2. The van der Waals surface area contributed by atoms with E-state index in [1.54, 1.807) is 0 Å². The molecular formula is C55H58F6N2O2. The smallest absolute Gasteiger partial charge is 0.420 e. The Balaban J connectivity index is 1.65. The van der Waals surface area contributed by atoms with Gasteiger partial charge in [-0.3, -0.25) is 0 Å². The topological polar surface area (TPSA) is 70.5 Å². The molecule has 0 saturated heterocycles. The van der Waals surface area contributed by atoms with Gasteiger partial charge in [-0.15, -0.1) is 0 Å². The van der Waals surface area contributed by atoms with Crippen LogP contribution in [0.25, 0.3) is 11.1 Å². The van der Waals surface area contributed by atoms with E-state index in [0.29, 0.717) is 33.8 Å². The number of rotatable bonds is 6. The highest BCUT2D eigenvalue weighted by molar-refractivity contribution is 5.87. The molecule has 0 atom stereocenters. The third kappa shape index (κ3) is 8.57. The van der Waals surface area contributed by atoms with E-state index in [0.717, 1.165) is 45.5 Å². The molecule has 0 fully saturated rings. The van der Waals surface area contributed by atoms with Crippen LogP contribution in [0.1, 0.15) is 139 Å². The number of alkyl halides is 6. The minimum atomic E-state index is -4.75. The van der Waals surface area contributed by atoms with Gasteiger partial charge in [-0.2, -0.15) is 26.3 Å². The second kappa shape index (κ2) is 15.6. The molecule has 4 N–H and O–H groups in total. The Morgan fingerprint density at radius 2 is 0.677 bits per heavy atom. The summed E-state index contributed by atoms with van der Waals surface area (Å²) in [6.07, 6.45) is -9.49. The average Bonchev–Trinajstić information content (AvgIpc) is 3.48. The lowest BCUT2D eigenvalue weighted by molar-refractivity contribution is -0.139. The fraction of sp³-hybridized carbons (Fsp3) is 0.345.